The van der Waals surface area contributed by atoms with Crippen LogP contribution in [0.25, 0.3) is 0 Å². The molecule has 1 fully saturated rings. The second-order valence-corrected chi connectivity index (χ2v) is 6.11. The van der Waals surface area contributed by atoms with E-state index in [0.29, 0.717) is 11.2 Å². The summed E-state index contributed by atoms with van der Waals surface area (Å²) >= 11 is 0. The molecule has 0 bridgehead atoms. The van der Waals surface area contributed by atoms with Gasteiger partial charge in [-0.3, -0.25) is 5.32 Å². The van der Waals surface area contributed by atoms with Gasteiger partial charge in [0.05, 0.1) is 11.2 Å². The minimum atomic E-state index is -1.10. The van der Waals surface area contributed by atoms with Crippen LogP contribution in [0.4, 0.5) is 10.5 Å². The summed E-state index contributed by atoms with van der Waals surface area (Å²) < 4.78 is 11.9. The Morgan fingerprint density at radius 2 is 1.75 bits per heavy atom. The molecule has 0 radical (unpaired) electrons. The first-order valence-electron chi connectivity index (χ1n) is 6.58. The van der Waals surface area contributed by atoms with Gasteiger partial charge in [-0.05, 0) is 46.2 Å². The van der Waals surface area contributed by atoms with Gasteiger partial charge in [0, 0.05) is 11.2 Å². The van der Waals surface area contributed by atoms with Crippen molar-refractivity contribution in [1.82, 2.24) is 0 Å². The predicted molar refractivity (Wildman–Crippen MR) is 78.5 cm³/mol. The number of amides is 1. The molecular weight excluding hydrogens is 257 g/mol. The highest BCUT2D eigenvalue weighted by Crippen LogP contribution is 2.37. The number of hydrogen-bond donors (Lipinski definition) is 2. The van der Waals surface area contributed by atoms with Crippen LogP contribution in [0.5, 0.6) is 0 Å². The number of aryl methyl sites for hydroxylation is 1. The Hall–Kier alpha value is -1.53. The Kier molecular flexibility index (Phi) is 3.56. The largest absolute Gasteiger partial charge is 0.496 e. The Morgan fingerprint density at radius 1 is 1.20 bits per heavy atom. The van der Waals surface area contributed by atoms with Gasteiger partial charge in [0.1, 0.15) is 0 Å². The molecule has 0 aromatic heterocycles. The maximum Gasteiger partial charge on any atom is 0.496 e. The van der Waals surface area contributed by atoms with E-state index in [1.54, 1.807) is 6.07 Å². The molecule has 0 spiro atoms. The molecule has 1 aliphatic heterocycles. The molecule has 1 heterocycles. The van der Waals surface area contributed by atoms with Crippen LogP contribution < -0.4 is 10.8 Å². The van der Waals surface area contributed by atoms with Crippen LogP contribution in [-0.2, 0) is 9.31 Å². The maximum absolute atomic E-state index is 10.9. The number of nitrogens with one attached hydrogen (secondary N) is 1. The average Bonchev–Trinajstić information content (AvgIpc) is 2.46. The van der Waals surface area contributed by atoms with Crippen LogP contribution >= 0.6 is 0 Å². The van der Waals surface area contributed by atoms with E-state index in [2.05, 4.69) is 5.32 Å². The summed E-state index contributed by atoms with van der Waals surface area (Å²) in [6.45, 7) is 9.76. The second-order valence-electron chi connectivity index (χ2n) is 6.11. The van der Waals surface area contributed by atoms with Gasteiger partial charge in [-0.1, -0.05) is 12.1 Å². The first kappa shape index (κ1) is 14.9. The summed E-state index contributed by atoms with van der Waals surface area (Å²) in [6.07, 6.45) is -1.10. The van der Waals surface area contributed by atoms with E-state index in [9.17, 15) is 4.79 Å². The number of hydrogen-bond acceptors (Lipinski definition) is 3. The van der Waals surface area contributed by atoms with Crippen LogP contribution in [0, 0.1) is 6.92 Å². The highest BCUT2D eigenvalue weighted by molar-refractivity contribution is 6.64. The molecule has 0 unspecified atom stereocenters. The van der Waals surface area contributed by atoms with Gasteiger partial charge in [-0.15, -0.1) is 0 Å². The minimum Gasteiger partial charge on any atom is -0.465 e. The molecule has 2 rings (SSSR count). The SMILES string of the molecule is Cc1ccc(B2OC(C)(C)C(C)(C)O2)c(NC(=O)O)c1. The molecule has 1 aromatic rings. The first-order chi connectivity index (χ1) is 9.12. The molecule has 5 nitrogen and oxygen atoms in total. The molecule has 0 saturated carbocycles. The lowest BCUT2D eigenvalue weighted by atomic mass is 9.77. The van der Waals surface area contributed by atoms with Crippen LogP contribution in [0.2, 0.25) is 0 Å². The lowest BCUT2D eigenvalue weighted by molar-refractivity contribution is 0.00578. The smallest absolute Gasteiger partial charge is 0.465 e. The fraction of sp³-hybridized carbons (Fsp3) is 0.500. The molecule has 108 valence electrons. The number of carboxylic acid groups (broad SMARTS) is 1. The van der Waals surface area contributed by atoms with Crippen LogP contribution in [0.1, 0.15) is 33.3 Å². The lowest BCUT2D eigenvalue weighted by Crippen LogP contribution is -2.41. The zero-order valence-corrected chi connectivity index (χ0v) is 12.5. The Bertz CT molecular complexity index is 526. The first-order valence-corrected chi connectivity index (χ1v) is 6.58. The monoisotopic (exact) mass is 277 g/mol. The van der Waals surface area contributed by atoms with Crippen molar-refractivity contribution in [3.63, 3.8) is 0 Å². The zero-order valence-electron chi connectivity index (χ0n) is 12.5. The van der Waals surface area contributed by atoms with E-state index in [1.165, 1.54) is 0 Å². The summed E-state index contributed by atoms with van der Waals surface area (Å²) in [5.41, 5.74) is 1.24. The highest BCUT2D eigenvalue weighted by atomic mass is 16.7. The van der Waals surface area contributed by atoms with Crippen LogP contribution in [-0.4, -0.2) is 29.5 Å². The van der Waals surface area contributed by atoms with Crippen molar-refractivity contribution >= 4 is 24.4 Å². The third-order valence-corrected chi connectivity index (χ3v) is 3.96. The molecule has 6 heteroatoms. The topological polar surface area (TPSA) is 67.8 Å². The molecular formula is C14H20BNO4. The minimum absolute atomic E-state index is 0.455. The lowest BCUT2D eigenvalue weighted by Gasteiger charge is -2.32. The second kappa shape index (κ2) is 4.79. The molecule has 0 atom stereocenters. The van der Waals surface area contributed by atoms with Crippen molar-refractivity contribution in [2.24, 2.45) is 0 Å². The molecule has 20 heavy (non-hydrogen) atoms. The van der Waals surface area contributed by atoms with Crippen molar-refractivity contribution in [3.05, 3.63) is 23.8 Å². The number of rotatable bonds is 2. The van der Waals surface area contributed by atoms with E-state index in [0.717, 1.165) is 5.56 Å². The van der Waals surface area contributed by atoms with Gasteiger partial charge in [-0.25, -0.2) is 4.79 Å². The van der Waals surface area contributed by atoms with E-state index in [4.69, 9.17) is 14.4 Å². The van der Waals surface area contributed by atoms with Crippen molar-refractivity contribution in [1.29, 1.82) is 0 Å². The third kappa shape index (κ3) is 2.67. The van der Waals surface area contributed by atoms with Gasteiger partial charge >= 0.3 is 13.2 Å². The van der Waals surface area contributed by atoms with Gasteiger partial charge in [0.2, 0.25) is 0 Å². The summed E-state index contributed by atoms with van der Waals surface area (Å²) in [6, 6.07) is 5.52. The maximum atomic E-state index is 10.9. The Morgan fingerprint density at radius 3 is 2.25 bits per heavy atom. The molecule has 0 aliphatic carbocycles. The van der Waals surface area contributed by atoms with Crippen LogP contribution in [0.3, 0.4) is 0 Å². The van der Waals surface area contributed by atoms with Gasteiger partial charge < -0.3 is 14.4 Å². The number of benzene rings is 1. The predicted octanol–water partition coefficient (Wildman–Crippen LogP) is 2.38. The fourth-order valence-corrected chi connectivity index (χ4v) is 2.07. The van der Waals surface area contributed by atoms with Gasteiger partial charge in [-0.2, -0.15) is 0 Å². The Balaban J connectivity index is 2.37. The van der Waals surface area contributed by atoms with Crippen LogP contribution in [0.15, 0.2) is 18.2 Å². The molecule has 2 N–H and O–H groups in total. The van der Waals surface area contributed by atoms with E-state index >= 15 is 0 Å². The summed E-state index contributed by atoms with van der Waals surface area (Å²) in [5.74, 6) is 0. The number of anilines is 1. The van der Waals surface area contributed by atoms with E-state index < -0.39 is 24.4 Å². The summed E-state index contributed by atoms with van der Waals surface area (Å²) in [4.78, 5) is 10.9. The van der Waals surface area contributed by atoms with Crippen molar-refractivity contribution in [2.75, 3.05) is 5.32 Å². The van der Waals surface area contributed by atoms with Crippen molar-refractivity contribution in [3.8, 4) is 0 Å². The molecule has 1 saturated heterocycles. The number of carbonyl (C=O) groups is 1. The van der Waals surface area contributed by atoms with Crippen molar-refractivity contribution < 1.29 is 19.2 Å². The highest BCUT2D eigenvalue weighted by Gasteiger charge is 2.52. The summed E-state index contributed by atoms with van der Waals surface area (Å²) in [5, 5.41) is 11.3. The molecule has 1 aliphatic rings. The van der Waals surface area contributed by atoms with Gasteiger partial charge in [0.15, 0.2) is 0 Å². The average molecular weight is 277 g/mol. The Labute approximate surface area is 119 Å². The molecule has 1 amide bonds. The van der Waals surface area contributed by atoms with E-state index in [-0.39, 0.29) is 0 Å². The third-order valence-electron chi connectivity index (χ3n) is 3.96. The van der Waals surface area contributed by atoms with Gasteiger partial charge in [0.25, 0.3) is 0 Å². The van der Waals surface area contributed by atoms with Crippen molar-refractivity contribution in [2.45, 2.75) is 45.8 Å². The normalized spacial score (nSPS) is 19.9. The van der Waals surface area contributed by atoms with E-state index in [1.807, 2.05) is 46.8 Å². The quantitative estimate of drug-likeness (QED) is 0.814. The summed E-state index contributed by atoms with van der Waals surface area (Å²) in [7, 11) is -0.581. The zero-order chi connectivity index (χ0) is 15.1. The fourth-order valence-electron chi connectivity index (χ4n) is 2.07. The standard InChI is InChI=1S/C14H20BNO4/c1-9-6-7-10(11(8-9)16-12(17)18)15-19-13(2,3)14(4,5)20-15/h6-8,16H,1-5H3,(H,17,18). The molecule has 1 aromatic carbocycles.